The third-order valence-electron chi connectivity index (χ3n) is 3.81. The van der Waals surface area contributed by atoms with Gasteiger partial charge in [0.05, 0.1) is 10.6 Å². The Balaban J connectivity index is 2.26. The zero-order chi connectivity index (χ0) is 18.4. The lowest BCUT2D eigenvalue weighted by atomic mass is 10.2. The lowest BCUT2D eigenvalue weighted by Crippen LogP contribution is -2.31. The van der Waals surface area contributed by atoms with E-state index in [1.807, 2.05) is 19.1 Å². The monoisotopic (exact) mass is 361 g/mol. The van der Waals surface area contributed by atoms with Crippen LogP contribution in [0.4, 0.5) is 5.69 Å². The van der Waals surface area contributed by atoms with Crippen LogP contribution >= 0.6 is 0 Å². The first kappa shape index (κ1) is 19.0. The maximum atomic E-state index is 12.8. The van der Waals surface area contributed by atoms with Gasteiger partial charge in [-0.2, -0.15) is 0 Å². The summed E-state index contributed by atoms with van der Waals surface area (Å²) in [5, 5.41) is 5.67. The summed E-state index contributed by atoms with van der Waals surface area (Å²) in [5.41, 5.74) is 1.93. The van der Waals surface area contributed by atoms with Crippen molar-refractivity contribution >= 4 is 21.6 Å². The fourth-order valence-electron chi connectivity index (χ4n) is 2.25. The molecule has 0 saturated carbocycles. The summed E-state index contributed by atoms with van der Waals surface area (Å²) >= 11 is 0. The number of aryl methyl sites for hydroxylation is 1. The smallest absolute Gasteiger partial charge is 0.264 e. The van der Waals surface area contributed by atoms with Crippen molar-refractivity contribution in [3.63, 3.8) is 0 Å². The number of carbonyl (C=O) groups excluding carboxylic acids is 1. The Bertz CT molecular complexity index is 833. The van der Waals surface area contributed by atoms with Gasteiger partial charge >= 0.3 is 0 Å². The summed E-state index contributed by atoms with van der Waals surface area (Å²) in [5.74, 6) is -0.301. The number of nitrogens with zero attached hydrogens (tertiary/aromatic N) is 1. The molecule has 0 aromatic heterocycles. The molecule has 2 aromatic carbocycles. The highest BCUT2D eigenvalue weighted by Crippen LogP contribution is 2.23. The summed E-state index contributed by atoms with van der Waals surface area (Å²) < 4.78 is 26.9. The maximum Gasteiger partial charge on any atom is 0.264 e. The average Bonchev–Trinajstić information content (AvgIpc) is 2.62. The Kier molecular flexibility index (Phi) is 6.17. The minimum Gasteiger partial charge on any atom is -0.351 e. The van der Waals surface area contributed by atoms with Gasteiger partial charge in [-0.1, -0.05) is 23.8 Å². The largest absolute Gasteiger partial charge is 0.351 e. The molecule has 0 aliphatic carbocycles. The SMILES string of the molecule is CNCCNC(=O)c1cccc(S(=O)(=O)N(C)c2ccc(C)cc2)c1. The van der Waals surface area contributed by atoms with Crippen LogP contribution in [-0.2, 0) is 10.0 Å². The number of anilines is 1. The molecule has 0 aliphatic rings. The Morgan fingerprint density at radius 3 is 2.40 bits per heavy atom. The first-order valence-corrected chi connectivity index (χ1v) is 9.38. The molecule has 0 aliphatic heterocycles. The molecule has 6 nitrogen and oxygen atoms in total. The molecule has 134 valence electrons. The summed E-state index contributed by atoms with van der Waals surface area (Å²) in [7, 11) is -0.453. The van der Waals surface area contributed by atoms with Crippen molar-refractivity contribution in [3.05, 3.63) is 59.7 Å². The van der Waals surface area contributed by atoms with Gasteiger partial charge in [-0.15, -0.1) is 0 Å². The molecule has 7 heteroatoms. The van der Waals surface area contributed by atoms with E-state index in [4.69, 9.17) is 0 Å². The van der Waals surface area contributed by atoms with Gasteiger partial charge in [0.25, 0.3) is 15.9 Å². The van der Waals surface area contributed by atoms with E-state index in [-0.39, 0.29) is 10.8 Å². The quantitative estimate of drug-likeness (QED) is 0.737. The summed E-state index contributed by atoms with van der Waals surface area (Å²) in [6.07, 6.45) is 0. The first-order valence-electron chi connectivity index (χ1n) is 7.94. The molecule has 0 heterocycles. The molecule has 0 unspecified atom stereocenters. The lowest BCUT2D eigenvalue weighted by molar-refractivity contribution is 0.0954. The number of benzene rings is 2. The van der Waals surface area contributed by atoms with Crippen molar-refractivity contribution in [2.45, 2.75) is 11.8 Å². The van der Waals surface area contributed by atoms with Crippen LogP contribution in [0.2, 0.25) is 0 Å². The second kappa shape index (κ2) is 8.13. The van der Waals surface area contributed by atoms with Crippen molar-refractivity contribution in [3.8, 4) is 0 Å². The second-order valence-electron chi connectivity index (χ2n) is 5.70. The minimum absolute atomic E-state index is 0.0804. The third kappa shape index (κ3) is 4.58. The van der Waals surface area contributed by atoms with Crippen LogP contribution in [0.3, 0.4) is 0 Å². The van der Waals surface area contributed by atoms with Crippen molar-refractivity contribution in [1.82, 2.24) is 10.6 Å². The van der Waals surface area contributed by atoms with E-state index in [2.05, 4.69) is 10.6 Å². The molecule has 0 saturated heterocycles. The molecule has 2 aromatic rings. The molecule has 25 heavy (non-hydrogen) atoms. The first-order chi connectivity index (χ1) is 11.9. The lowest BCUT2D eigenvalue weighted by Gasteiger charge is -2.20. The number of hydrogen-bond acceptors (Lipinski definition) is 4. The summed E-state index contributed by atoms with van der Waals surface area (Å²) in [4.78, 5) is 12.2. The van der Waals surface area contributed by atoms with Crippen LogP contribution in [0.1, 0.15) is 15.9 Å². The van der Waals surface area contributed by atoms with E-state index < -0.39 is 10.0 Å². The molecule has 1 amide bonds. The van der Waals surface area contributed by atoms with Crippen molar-refractivity contribution < 1.29 is 13.2 Å². The Morgan fingerprint density at radius 1 is 1.08 bits per heavy atom. The average molecular weight is 361 g/mol. The highest BCUT2D eigenvalue weighted by Gasteiger charge is 2.22. The van der Waals surface area contributed by atoms with Gasteiger partial charge in [0.1, 0.15) is 0 Å². The maximum absolute atomic E-state index is 12.8. The standard InChI is InChI=1S/C18H23N3O3S/c1-14-7-9-16(10-8-14)21(3)25(23,24)17-6-4-5-15(13-17)18(22)20-12-11-19-2/h4-10,13,19H,11-12H2,1-3H3,(H,20,22). The van der Waals surface area contributed by atoms with Crippen LogP contribution in [0.15, 0.2) is 53.4 Å². The van der Waals surface area contributed by atoms with Crippen LogP contribution in [0.25, 0.3) is 0 Å². The van der Waals surface area contributed by atoms with E-state index >= 15 is 0 Å². The molecule has 0 bridgehead atoms. The van der Waals surface area contributed by atoms with Crippen molar-refractivity contribution in [2.24, 2.45) is 0 Å². The van der Waals surface area contributed by atoms with E-state index in [9.17, 15) is 13.2 Å². The van der Waals surface area contributed by atoms with Crippen molar-refractivity contribution in [1.29, 1.82) is 0 Å². The third-order valence-corrected chi connectivity index (χ3v) is 5.59. The predicted octanol–water partition coefficient (Wildman–Crippen LogP) is 1.77. The Morgan fingerprint density at radius 2 is 1.76 bits per heavy atom. The molecule has 0 spiro atoms. The van der Waals surface area contributed by atoms with Gasteiger partial charge in [0.15, 0.2) is 0 Å². The topological polar surface area (TPSA) is 78.5 Å². The molecule has 0 fully saturated rings. The fourth-order valence-corrected chi connectivity index (χ4v) is 3.49. The number of carbonyl (C=O) groups is 1. The van der Waals surface area contributed by atoms with Gasteiger partial charge < -0.3 is 10.6 Å². The Labute approximate surface area is 148 Å². The highest BCUT2D eigenvalue weighted by molar-refractivity contribution is 7.92. The van der Waals surface area contributed by atoms with Gasteiger partial charge in [-0.25, -0.2) is 8.42 Å². The number of sulfonamides is 1. The highest BCUT2D eigenvalue weighted by atomic mass is 32.2. The second-order valence-corrected chi connectivity index (χ2v) is 7.66. The van der Waals surface area contributed by atoms with Gasteiger partial charge in [0, 0.05) is 25.7 Å². The van der Waals surface area contributed by atoms with E-state index in [1.54, 1.807) is 31.3 Å². The van der Waals surface area contributed by atoms with Gasteiger partial charge in [-0.05, 0) is 44.3 Å². The van der Waals surface area contributed by atoms with Crippen LogP contribution in [0.5, 0.6) is 0 Å². The molecule has 0 atom stereocenters. The summed E-state index contributed by atoms with van der Waals surface area (Å²) in [6.45, 7) is 3.05. The normalized spacial score (nSPS) is 11.2. The van der Waals surface area contributed by atoms with E-state index in [1.165, 1.54) is 23.5 Å². The van der Waals surface area contributed by atoms with Gasteiger partial charge in [-0.3, -0.25) is 9.10 Å². The molecule has 0 radical (unpaired) electrons. The number of likely N-dealkylation sites (N-methyl/N-ethyl adjacent to an activating group) is 1. The van der Waals surface area contributed by atoms with Crippen molar-refractivity contribution in [2.75, 3.05) is 31.5 Å². The molecular formula is C18H23N3O3S. The zero-order valence-electron chi connectivity index (χ0n) is 14.6. The van der Waals surface area contributed by atoms with Crippen LogP contribution in [0, 0.1) is 6.92 Å². The van der Waals surface area contributed by atoms with Crippen LogP contribution in [-0.4, -0.2) is 41.5 Å². The summed E-state index contributed by atoms with van der Waals surface area (Å²) in [6, 6.07) is 13.3. The molecule has 2 N–H and O–H groups in total. The van der Waals surface area contributed by atoms with E-state index in [0.717, 1.165) is 5.56 Å². The van der Waals surface area contributed by atoms with Gasteiger partial charge in [0.2, 0.25) is 0 Å². The number of nitrogens with one attached hydrogen (secondary N) is 2. The Hall–Kier alpha value is -2.38. The van der Waals surface area contributed by atoms with E-state index in [0.29, 0.717) is 24.3 Å². The van der Waals surface area contributed by atoms with Crippen LogP contribution < -0.4 is 14.9 Å². The molecule has 2 rings (SSSR count). The fraction of sp³-hybridized carbons (Fsp3) is 0.278. The number of amides is 1. The number of rotatable bonds is 7. The predicted molar refractivity (Wildman–Crippen MR) is 99.5 cm³/mol. The number of hydrogen-bond donors (Lipinski definition) is 2. The molecular weight excluding hydrogens is 338 g/mol. The minimum atomic E-state index is -3.75. The zero-order valence-corrected chi connectivity index (χ0v) is 15.4.